The summed E-state index contributed by atoms with van der Waals surface area (Å²) in [6, 6.07) is 0. The van der Waals surface area contributed by atoms with Crippen molar-refractivity contribution in [3.05, 3.63) is 12.2 Å². The molecule has 4 aliphatic carbocycles. The largest absolute Gasteiger partial charge is 0.315 e. The Bertz CT molecular complexity index is 680. The van der Waals surface area contributed by atoms with Gasteiger partial charge in [-0.05, 0) is 67.6 Å². The summed E-state index contributed by atoms with van der Waals surface area (Å²) < 4.78 is 0. The first kappa shape index (κ1) is 18.1. The minimum Gasteiger partial charge on any atom is -0.315 e. The Morgan fingerprint density at radius 1 is 0.963 bits per heavy atom. The number of hydrogen-bond acceptors (Lipinski definition) is 3. The number of carbonyl (C=O) groups excluding carboxylic acids is 2. The maximum atomic E-state index is 13.3. The summed E-state index contributed by atoms with van der Waals surface area (Å²) in [6.07, 6.45) is 13.1. The zero-order valence-electron chi connectivity index (χ0n) is 17.0. The van der Waals surface area contributed by atoms with Crippen molar-refractivity contribution >= 4 is 11.6 Å². The van der Waals surface area contributed by atoms with Crippen LogP contribution in [0.5, 0.6) is 0 Å². The molecule has 1 unspecified atom stereocenters. The molecule has 3 nitrogen and oxygen atoms in total. The van der Waals surface area contributed by atoms with Gasteiger partial charge in [0.05, 0.1) is 0 Å². The van der Waals surface area contributed by atoms with Gasteiger partial charge in [0.1, 0.15) is 11.6 Å². The quantitative estimate of drug-likeness (QED) is 0.743. The van der Waals surface area contributed by atoms with Crippen LogP contribution in [0.3, 0.4) is 0 Å². The number of Topliss-reactive ketones (excluding diaryl/α,β-unsaturated/α-hetero) is 2. The molecule has 1 heterocycles. The first-order chi connectivity index (χ1) is 12.9. The lowest BCUT2D eigenvalue weighted by molar-refractivity contribution is -0.157. The van der Waals surface area contributed by atoms with Crippen LogP contribution in [-0.2, 0) is 9.59 Å². The standard InChI is InChI=1S/C24H35NO2/c1-23-9-7-15(3-4-16-13-25-14-16)11-20(23)21(26)12-17-18-5-6-22(27)24(18,2)10-8-19(17)23/h3-4,15-20,25H,5-14H2,1-2H3/b4-3-/t15-,17+,18+,19+,20?,23-,24+/m1/s1. The molecule has 0 bridgehead atoms. The van der Waals surface area contributed by atoms with Crippen molar-refractivity contribution in [2.75, 3.05) is 13.1 Å². The molecule has 7 atom stereocenters. The van der Waals surface area contributed by atoms with Crippen LogP contribution in [0.2, 0.25) is 0 Å². The highest BCUT2D eigenvalue weighted by Crippen LogP contribution is 2.65. The molecule has 0 aromatic carbocycles. The lowest BCUT2D eigenvalue weighted by Crippen LogP contribution is -2.56. The van der Waals surface area contributed by atoms with E-state index < -0.39 is 0 Å². The minimum absolute atomic E-state index is 0.124. The third-order valence-corrected chi connectivity index (χ3v) is 9.68. The topological polar surface area (TPSA) is 46.2 Å². The number of nitrogens with one attached hydrogen (secondary N) is 1. The third-order valence-electron chi connectivity index (χ3n) is 9.68. The summed E-state index contributed by atoms with van der Waals surface area (Å²) in [5, 5.41) is 3.33. The van der Waals surface area contributed by atoms with E-state index in [9.17, 15) is 9.59 Å². The molecule has 148 valence electrons. The molecule has 0 aromatic rings. The molecule has 5 rings (SSSR count). The Hall–Kier alpha value is -0.960. The molecular weight excluding hydrogens is 334 g/mol. The van der Waals surface area contributed by atoms with E-state index in [0.717, 1.165) is 51.6 Å². The first-order valence-electron chi connectivity index (χ1n) is 11.4. The van der Waals surface area contributed by atoms with Gasteiger partial charge in [0.2, 0.25) is 0 Å². The van der Waals surface area contributed by atoms with Crippen LogP contribution in [0.15, 0.2) is 12.2 Å². The van der Waals surface area contributed by atoms with Gasteiger partial charge >= 0.3 is 0 Å². The van der Waals surface area contributed by atoms with Crippen molar-refractivity contribution in [3.8, 4) is 0 Å². The maximum Gasteiger partial charge on any atom is 0.139 e. The number of carbonyl (C=O) groups is 2. The Morgan fingerprint density at radius 3 is 2.48 bits per heavy atom. The Morgan fingerprint density at radius 2 is 1.74 bits per heavy atom. The van der Waals surface area contributed by atoms with Crippen LogP contribution in [0, 0.1) is 46.3 Å². The highest BCUT2D eigenvalue weighted by molar-refractivity contribution is 5.88. The van der Waals surface area contributed by atoms with Crippen LogP contribution >= 0.6 is 0 Å². The normalized spacial score (nSPS) is 50.2. The molecule has 4 saturated carbocycles. The van der Waals surface area contributed by atoms with Gasteiger partial charge in [-0.2, -0.15) is 0 Å². The van der Waals surface area contributed by atoms with Crippen LogP contribution in [0.25, 0.3) is 0 Å². The van der Waals surface area contributed by atoms with Gasteiger partial charge in [0.15, 0.2) is 0 Å². The van der Waals surface area contributed by atoms with Gasteiger partial charge in [0.25, 0.3) is 0 Å². The van der Waals surface area contributed by atoms with Crippen molar-refractivity contribution in [2.24, 2.45) is 46.3 Å². The Balaban J connectivity index is 1.36. The second-order valence-corrected chi connectivity index (χ2v) is 10.9. The van der Waals surface area contributed by atoms with Gasteiger partial charge in [0, 0.05) is 43.2 Å². The minimum atomic E-state index is -0.124. The van der Waals surface area contributed by atoms with E-state index in [1.807, 2.05) is 0 Å². The van der Waals surface area contributed by atoms with E-state index in [0.29, 0.717) is 41.2 Å². The Labute approximate surface area is 163 Å². The SMILES string of the molecule is C[C@]12CC[C@@H](/C=C\C3CNC3)CC1C(=O)C[C@@H]1[C@@H]2CC[C@]2(C)C(=O)CC[C@@H]12. The van der Waals surface area contributed by atoms with Crippen molar-refractivity contribution in [2.45, 2.75) is 65.2 Å². The fourth-order valence-corrected chi connectivity index (χ4v) is 7.78. The molecule has 0 radical (unpaired) electrons. The van der Waals surface area contributed by atoms with Gasteiger partial charge in [-0.1, -0.05) is 26.0 Å². The molecule has 0 spiro atoms. The van der Waals surface area contributed by atoms with Crippen LogP contribution in [-0.4, -0.2) is 24.7 Å². The predicted molar refractivity (Wildman–Crippen MR) is 106 cm³/mol. The van der Waals surface area contributed by atoms with Crippen molar-refractivity contribution in [3.63, 3.8) is 0 Å². The summed E-state index contributed by atoms with van der Waals surface area (Å²) in [5.41, 5.74) is 0.0523. The maximum absolute atomic E-state index is 13.3. The van der Waals surface area contributed by atoms with Gasteiger partial charge in [-0.15, -0.1) is 0 Å². The predicted octanol–water partition coefficient (Wildman–Crippen LogP) is 4.17. The highest BCUT2D eigenvalue weighted by Gasteiger charge is 2.62. The third kappa shape index (κ3) is 2.63. The fraction of sp³-hybridized carbons (Fsp3) is 0.833. The van der Waals surface area contributed by atoms with E-state index in [-0.39, 0.29) is 16.7 Å². The molecule has 1 aliphatic heterocycles. The van der Waals surface area contributed by atoms with Gasteiger partial charge in [-0.25, -0.2) is 0 Å². The van der Waals surface area contributed by atoms with E-state index in [2.05, 4.69) is 31.3 Å². The van der Waals surface area contributed by atoms with Gasteiger partial charge in [-0.3, -0.25) is 9.59 Å². The summed E-state index contributed by atoms with van der Waals surface area (Å²) in [4.78, 5) is 25.8. The molecule has 0 amide bonds. The number of fused-ring (bicyclic) bond motifs is 5. The molecule has 1 N–H and O–H groups in total. The first-order valence-corrected chi connectivity index (χ1v) is 11.4. The van der Waals surface area contributed by atoms with E-state index >= 15 is 0 Å². The monoisotopic (exact) mass is 369 g/mol. The summed E-state index contributed by atoms with van der Waals surface area (Å²) in [5.74, 6) is 4.14. The van der Waals surface area contributed by atoms with Crippen LogP contribution < -0.4 is 5.32 Å². The zero-order chi connectivity index (χ0) is 18.8. The Kier molecular flexibility index (Phi) is 4.20. The van der Waals surface area contributed by atoms with Crippen molar-refractivity contribution < 1.29 is 9.59 Å². The summed E-state index contributed by atoms with van der Waals surface area (Å²) in [7, 11) is 0. The number of hydrogen-bond donors (Lipinski definition) is 1. The summed E-state index contributed by atoms with van der Waals surface area (Å²) in [6.45, 7) is 6.87. The molecule has 3 heteroatoms. The van der Waals surface area contributed by atoms with E-state index in [1.54, 1.807) is 0 Å². The summed E-state index contributed by atoms with van der Waals surface area (Å²) >= 11 is 0. The number of ketones is 2. The molecule has 5 fully saturated rings. The lowest BCUT2D eigenvalue weighted by Gasteiger charge is -2.59. The molecule has 5 aliphatic rings. The number of rotatable bonds is 2. The molecular formula is C24H35NO2. The zero-order valence-corrected chi connectivity index (χ0v) is 17.0. The number of allylic oxidation sites excluding steroid dienone is 1. The molecule has 1 saturated heterocycles. The van der Waals surface area contributed by atoms with E-state index in [4.69, 9.17) is 0 Å². The molecule has 0 aromatic heterocycles. The smallest absolute Gasteiger partial charge is 0.139 e. The second-order valence-electron chi connectivity index (χ2n) is 10.9. The van der Waals surface area contributed by atoms with Crippen LogP contribution in [0.4, 0.5) is 0 Å². The van der Waals surface area contributed by atoms with E-state index in [1.165, 1.54) is 12.8 Å². The van der Waals surface area contributed by atoms with Crippen LogP contribution in [0.1, 0.15) is 65.2 Å². The van der Waals surface area contributed by atoms with Gasteiger partial charge < -0.3 is 5.32 Å². The second kappa shape index (κ2) is 6.27. The van der Waals surface area contributed by atoms with Crippen molar-refractivity contribution in [1.82, 2.24) is 5.32 Å². The highest BCUT2D eigenvalue weighted by atomic mass is 16.1. The average molecular weight is 370 g/mol. The molecule has 27 heavy (non-hydrogen) atoms. The van der Waals surface area contributed by atoms with Crippen molar-refractivity contribution in [1.29, 1.82) is 0 Å². The average Bonchev–Trinajstić information content (AvgIpc) is 2.90. The lowest BCUT2D eigenvalue weighted by atomic mass is 9.44. The fourth-order valence-electron chi connectivity index (χ4n) is 7.78.